The molecule has 0 aliphatic rings. The Hall–Kier alpha value is -4.90. The molecular weight excluding hydrogens is 679 g/mol. The van der Waals surface area contributed by atoms with Crippen LogP contribution in [0.2, 0.25) is 0 Å². The summed E-state index contributed by atoms with van der Waals surface area (Å²) < 4.78 is 61.1. The van der Waals surface area contributed by atoms with E-state index in [-0.39, 0.29) is 23.6 Å². The van der Waals surface area contributed by atoms with Crippen LogP contribution in [-0.4, -0.2) is 30.4 Å². The lowest BCUT2D eigenvalue weighted by Crippen LogP contribution is -2.28. The molecule has 6 aromatic rings. The molecule has 0 aliphatic carbocycles. The number of carboxylic acid groups (broad SMARTS) is 1. The molecule has 3 aromatic carbocycles. The number of rotatable bonds is 10. The molecule has 0 spiro atoms. The molecule has 0 amide bonds. The molecule has 0 bridgehead atoms. The second-order valence-corrected chi connectivity index (χ2v) is 16.0. The standard InChI is InChI=1S/C40H37F4N3O3S/c1-38(2,3)51-36-31-19-30(50-23-29-14-11-26-10-13-28(41)18-32(26)46-29)15-16-33(31)47(34(36)20-39(4,5)37(48)49)22-24-6-8-25(9-7-24)27-12-17-35(45-21-27)40(42,43)44/h6-19,21H,20,22-23H2,1-5H3,(H,48,49). The minimum absolute atomic E-state index is 0.167. The van der Waals surface area contributed by atoms with Crippen molar-refractivity contribution >= 4 is 39.5 Å². The maximum Gasteiger partial charge on any atom is 0.433 e. The zero-order valence-corrected chi connectivity index (χ0v) is 29.6. The van der Waals surface area contributed by atoms with Gasteiger partial charge in [0, 0.05) is 62.4 Å². The number of carbonyl (C=O) groups is 1. The Balaban J connectivity index is 1.37. The van der Waals surface area contributed by atoms with Gasteiger partial charge in [0.2, 0.25) is 0 Å². The van der Waals surface area contributed by atoms with E-state index >= 15 is 0 Å². The van der Waals surface area contributed by atoms with Crippen molar-refractivity contribution in [2.75, 3.05) is 0 Å². The minimum Gasteiger partial charge on any atom is -0.487 e. The van der Waals surface area contributed by atoms with Crippen LogP contribution in [0.15, 0.2) is 96.0 Å². The SMILES string of the molecule is CC(C)(C)Sc1c(CC(C)(C)C(=O)O)n(Cc2ccc(-c3ccc(C(F)(F)F)nc3)cc2)c2ccc(OCc3ccc4ccc(F)cc4n3)cc12. The van der Waals surface area contributed by atoms with Crippen LogP contribution in [0.25, 0.3) is 32.9 Å². The number of alkyl halides is 3. The van der Waals surface area contributed by atoms with E-state index in [9.17, 15) is 27.5 Å². The monoisotopic (exact) mass is 715 g/mol. The molecule has 264 valence electrons. The number of thioether (sulfide) groups is 1. The fourth-order valence-corrected chi connectivity index (χ4v) is 6.99. The Morgan fingerprint density at radius 2 is 1.59 bits per heavy atom. The summed E-state index contributed by atoms with van der Waals surface area (Å²) >= 11 is 1.66. The van der Waals surface area contributed by atoms with E-state index < -0.39 is 23.3 Å². The first-order chi connectivity index (χ1) is 24.0. The second kappa shape index (κ2) is 13.7. The van der Waals surface area contributed by atoms with Crippen LogP contribution < -0.4 is 4.74 Å². The lowest BCUT2D eigenvalue weighted by molar-refractivity contribution is -0.147. The van der Waals surface area contributed by atoms with Crippen molar-refractivity contribution in [3.8, 4) is 16.9 Å². The number of nitrogens with zero attached hydrogens (tertiary/aromatic N) is 3. The van der Waals surface area contributed by atoms with Gasteiger partial charge in [-0.1, -0.05) is 57.2 Å². The van der Waals surface area contributed by atoms with Crippen molar-refractivity contribution < 1.29 is 32.2 Å². The first kappa shape index (κ1) is 35.9. The van der Waals surface area contributed by atoms with E-state index in [0.29, 0.717) is 29.1 Å². The van der Waals surface area contributed by atoms with Gasteiger partial charge >= 0.3 is 12.1 Å². The van der Waals surface area contributed by atoms with Crippen LogP contribution in [0.4, 0.5) is 17.6 Å². The molecule has 51 heavy (non-hydrogen) atoms. The molecule has 6 nitrogen and oxygen atoms in total. The fraction of sp³-hybridized carbons (Fsp3) is 0.275. The van der Waals surface area contributed by atoms with Crippen molar-refractivity contribution in [1.82, 2.24) is 14.5 Å². The van der Waals surface area contributed by atoms with Gasteiger partial charge in [-0.3, -0.25) is 9.78 Å². The normalized spacial score (nSPS) is 12.5. The Kier molecular flexibility index (Phi) is 9.63. The summed E-state index contributed by atoms with van der Waals surface area (Å²) in [7, 11) is 0. The quantitative estimate of drug-likeness (QED) is 0.112. The van der Waals surface area contributed by atoms with E-state index in [1.165, 1.54) is 24.4 Å². The van der Waals surface area contributed by atoms with Crippen molar-refractivity contribution in [2.45, 2.75) is 70.0 Å². The van der Waals surface area contributed by atoms with Gasteiger partial charge in [0.25, 0.3) is 0 Å². The lowest BCUT2D eigenvalue weighted by atomic mass is 9.88. The van der Waals surface area contributed by atoms with E-state index in [1.54, 1.807) is 31.7 Å². The number of halogens is 4. The average Bonchev–Trinajstić information content (AvgIpc) is 3.32. The number of pyridine rings is 2. The van der Waals surface area contributed by atoms with Crippen molar-refractivity contribution in [2.24, 2.45) is 5.41 Å². The Bertz CT molecular complexity index is 2220. The van der Waals surface area contributed by atoms with Crippen molar-refractivity contribution in [3.63, 3.8) is 0 Å². The Labute approximate surface area is 297 Å². The molecule has 3 heterocycles. The summed E-state index contributed by atoms with van der Waals surface area (Å²) in [4.78, 5) is 21.5. The molecule has 0 atom stereocenters. The summed E-state index contributed by atoms with van der Waals surface area (Å²) in [5.41, 5.74) is 3.17. The summed E-state index contributed by atoms with van der Waals surface area (Å²) in [6.45, 7) is 10.3. The van der Waals surface area contributed by atoms with Crippen LogP contribution >= 0.6 is 11.8 Å². The molecule has 1 N–H and O–H groups in total. The maximum absolute atomic E-state index is 13.8. The highest BCUT2D eigenvalue weighted by Gasteiger charge is 2.33. The number of hydrogen-bond donors (Lipinski definition) is 1. The number of carboxylic acids is 1. The maximum atomic E-state index is 13.8. The van der Waals surface area contributed by atoms with Crippen molar-refractivity contribution in [3.05, 3.63) is 120 Å². The zero-order chi connectivity index (χ0) is 36.7. The molecule has 11 heteroatoms. The molecule has 6 rings (SSSR count). The lowest BCUT2D eigenvalue weighted by Gasteiger charge is -2.24. The van der Waals surface area contributed by atoms with Crippen LogP contribution in [0, 0.1) is 11.2 Å². The second-order valence-electron chi connectivity index (χ2n) is 14.2. The molecule has 0 unspecified atom stereocenters. The number of hydrogen-bond acceptors (Lipinski definition) is 5. The Morgan fingerprint density at radius 1 is 0.882 bits per heavy atom. The van der Waals surface area contributed by atoms with E-state index in [4.69, 9.17) is 4.74 Å². The molecular formula is C40H37F4N3O3S. The first-order valence-electron chi connectivity index (χ1n) is 16.3. The van der Waals surface area contributed by atoms with Gasteiger partial charge in [-0.15, -0.1) is 11.8 Å². The third-order valence-corrected chi connectivity index (χ3v) is 9.74. The van der Waals surface area contributed by atoms with Gasteiger partial charge in [-0.05, 0) is 67.4 Å². The summed E-state index contributed by atoms with van der Waals surface area (Å²) in [6.07, 6.45) is -3.03. The van der Waals surface area contributed by atoms with Crippen LogP contribution in [0.5, 0.6) is 5.75 Å². The summed E-state index contributed by atoms with van der Waals surface area (Å²) in [5.74, 6) is -0.663. The smallest absolute Gasteiger partial charge is 0.433 e. The van der Waals surface area contributed by atoms with Gasteiger partial charge in [0.1, 0.15) is 23.9 Å². The number of benzene rings is 3. The number of ether oxygens (including phenoxy) is 1. The number of aliphatic carboxylic acids is 1. The topological polar surface area (TPSA) is 77.2 Å². The van der Waals surface area contributed by atoms with Gasteiger partial charge < -0.3 is 14.4 Å². The van der Waals surface area contributed by atoms with Gasteiger partial charge in [0.15, 0.2) is 0 Å². The molecule has 0 aliphatic heterocycles. The van der Waals surface area contributed by atoms with E-state index in [0.717, 1.165) is 44.1 Å². The largest absolute Gasteiger partial charge is 0.487 e. The molecule has 0 radical (unpaired) electrons. The molecule has 0 saturated heterocycles. The van der Waals surface area contributed by atoms with Crippen LogP contribution in [0.1, 0.15) is 57.3 Å². The fourth-order valence-electron chi connectivity index (χ4n) is 5.80. The number of aromatic nitrogens is 3. The predicted octanol–water partition coefficient (Wildman–Crippen LogP) is 10.6. The number of fused-ring (bicyclic) bond motifs is 2. The third-order valence-electron chi connectivity index (χ3n) is 8.47. The van der Waals surface area contributed by atoms with E-state index in [1.807, 2.05) is 54.6 Å². The highest BCUT2D eigenvalue weighted by molar-refractivity contribution is 8.00. The first-order valence-corrected chi connectivity index (χ1v) is 17.2. The average molecular weight is 716 g/mol. The van der Waals surface area contributed by atoms with Crippen LogP contribution in [-0.2, 0) is 30.5 Å². The molecule has 3 aromatic heterocycles. The van der Waals surface area contributed by atoms with E-state index in [2.05, 4.69) is 35.3 Å². The summed E-state index contributed by atoms with van der Waals surface area (Å²) in [6, 6.07) is 23.9. The Morgan fingerprint density at radius 3 is 2.24 bits per heavy atom. The molecule has 0 saturated carbocycles. The predicted molar refractivity (Wildman–Crippen MR) is 192 cm³/mol. The van der Waals surface area contributed by atoms with Gasteiger partial charge in [-0.25, -0.2) is 9.37 Å². The zero-order valence-electron chi connectivity index (χ0n) is 28.8. The highest BCUT2D eigenvalue weighted by Crippen LogP contribution is 2.44. The highest BCUT2D eigenvalue weighted by atomic mass is 32.2. The third kappa shape index (κ3) is 8.20. The molecule has 0 fully saturated rings. The van der Waals surface area contributed by atoms with Crippen molar-refractivity contribution in [1.29, 1.82) is 0 Å². The summed E-state index contributed by atoms with van der Waals surface area (Å²) in [5, 5.41) is 11.9. The van der Waals surface area contributed by atoms with Crippen LogP contribution in [0.3, 0.4) is 0 Å². The minimum atomic E-state index is -4.51. The van der Waals surface area contributed by atoms with Gasteiger partial charge in [0.05, 0.1) is 16.6 Å². The van der Waals surface area contributed by atoms with Gasteiger partial charge in [-0.2, -0.15) is 13.2 Å².